The third-order valence-corrected chi connectivity index (χ3v) is 15.6. The van der Waals surface area contributed by atoms with Crippen LogP contribution in [0, 0.1) is 0 Å². The lowest BCUT2D eigenvalue weighted by Crippen LogP contribution is -2.44. The third-order valence-electron chi connectivity index (χ3n) is 8.02. The SMILES string of the molecule is COCCOCCOCCOCCOCCOCCOCCOCCC[Si](C)(C)O[Si](C)(C)CCCOCCOCCOCCOCCOCCOCCOCCOC. The van der Waals surface area contributed by atoms with E-state index in [-0.39, 0.29) is 0 Å². The van der Waals surface area contributed by atoms with Gasteiger partial charge < -0.3 is 79.9 Å². The molecular weight excluding hydrogens is 809 g/mol. The minimum absolute atomic E-state index is 0.524. The Morgan fingerprint density at radius 2 is 0.373 bits per heavy atom. The van der Waals surface area contributed by atoms with E-state index in [0.29, 0.717) is 185 Å². The normalized spacial score (nSPS) is 12.3. The maximum atomic E-state index is 6.77. The zero-order chi connectivity index (χ0) is 43.1. The van der Waals surface area contributed by atoms with Crippen LogP contribution in [0.25, 0.3) is 0 Å². The van der Waals surface area contributed by atoms with E-state index in [4.69, 9.17) is 79.9 Å². The van der Waals surface area contributed by atoms with Crippen molar-refractivity contribution in [2.75, 3.05) is 212 Å². The molecule has 0 radical (unpaired) electrons. The molecule has 356 valence electrons. The molecule has 59 heavy (non-hydrogen) atoms. The molecule has 0 saturated heterocycles. The number of rotatable bonds is 52. The molecule has 0 spiro atoms. The molecule has 0 aromatic carbocycles. The lowest BCUT2D eigenvalue weighted by Gasteiger charge is -2.34. The van der Waals surface area contributed by atoms with Crippen LogP contribution in [0.15, 0.2) is 0 Å². The van der Waals surface area contributed by atoms with Gasteiger partial charge in [0.15, 0.2) is 16.6 Å². The van der Waals surface area contributed by atoms with Crippen molar-refractivity contribution in [1.29, 1.82) is 0 Å². The van der Waals surface area contributed by atoms with E-state index in [1.807, 2.05) is 0 Å². The van der Waals surface area contributed by atoms with E-state index in [1.54, 1.807) is 14.2 Å². The smallest absolute Gasteiger partial charge is 0.173 e. The topological polar surface area (TPSA) is 157 Å². The summed E-state index contributed by atoms with van der Waals surface area (Å²) < 4.78 is 93.9. The first kappa shape index (κ1) is 58.8. The van der Waals surface area contributed by atoms with Gasteiger partial charge in [-0.2, -0.15) is 0 Å². The summed E-state index contributed by atoms with van der Waals surface area (Å²) in [5.41, 5.74) is 0. The van der Waals surface area contributed by atoms with E-state index in [1.165, 1.54) is 0 Å². The van der Waals surface area contributed by atoms with Crippen LogP contribution in [-0.2, 0) is 79.9 Å². The van der Waals surface area contributed by atoms with Crippen molar-refractivity contribution in [2.45, 2.75) is 51.1 Å². The Bertz CT molecular complexity index is 746. The Balaban J connectivity index is 3.41. The fourth-order valence-corrected chi connectivity index (χ4v) is 14.0. The molecule has 0 aromatic rings. The molecule has 0 bridgehead atoms. The number of ether oxygens (including phenoxy) is 16. The van der Waals surface area contributed by atoms with Gasteiger partial charge in [0.05, 0.1) is 185 Å². The van der Waals surface area contributed by atoms with Gasteiger partial charge in [0, 0.05) is 27.4 Å². The van der Waals surface area contributed by atoms with Crippen molar-refractivity contribution in [1.82, 2.24) is 0 Å². The van der Waals surface area contributed by atoms with Crippen LogP contribution in [0.3, 0.4) is 0 Å². The molecule has 0 aliphatic carbocycles. The zero-order valence-electron chi connectivity index (χ0n) is 38.0. The van der Waals surface area contributed by atoms with E-state index in [2.05, 4.69) is 26.2 Å². The summed E-state index contributed by atoms with van der Waals surface area (Å²) >= 11 is 0. The average Bonchev–Trinajstić information content (AvgIpc) is 3.20. The molecule has 0 rings (SSSR count). The van der Waals surface area contributed by atoms with Crippen molar-refractivity contribution >= 4 is 16.6 Å². The highest BCUT2D eigenvalue weighted by Crippen LogP contribution is 2.23. The highest BCUT2D eigenvalue weighted by Gasteiger charge is 2.32. The second-order valence-corrected chi connectivity index (χ2v) is 23.2. The summed E-state index contributed by atoms with van der Waals surface area (Å²) in [6, 6.07) is 2.16. The van der Waals surface area contributed by atoms with Crippen LogP contribution in [-0.4, -0.2) is 229 Å². The molecule has 0 aromatic heterocycles. The Kier molecular flexibility index (Phi) is 47.0. The first-order chi connectivity index (χ1) is 28.8. The van der Waals surface area contributed by atoms with Gasteiger partial charge in [0.25, 0.3) is 0 Å². The largest absolute Gasteiger partial charge is 0.455 e. The molecule has 0 unspecified atom stereocenters. The second-order valence-electron chi connectivity index (χ2n) is 14.4. The number of hydrogen-bond donors (Lipinski definition) is 0. The molecule has 0 amide bonds. The number of methoxy groups -OCH3 is 2. The van der Waals surface area contributed by atoms with E-state index in [9.17, 15) is 0 Å². The molecule has 0 saturated carbocycles. The molecule has 0 aliphatic heterocycles. The lowest BCUT2D eigenvalue weighted by atomic mass is 10.5. The average molecular weight is 895 g/mol. The summed E-state index contributed by atoms with van der Waals surface area (Å²) in [5, 5.41) is 0. The van der Waals surface area contributed by atoms with Gasteiger partial charge in [-0.25, -0.2) is 0 Å². The summed E-state index contributed by atoms with van der Waals surface area (Å²) in [6.07, 6.45) is 2.00. The molecule has 17 nitrogen and oxygen atoms in total. The van der Waals surface area contributed by atoms with Gasteiger partial charge >= 0.3 is 0 Å². The molecule has 0 fully saturated rings. The zero-order valence-corrected chi connectivity index (χ0v) is 40.0. The maximum absolute atomic E-state index is 6.77. The molecular formula is C40H86O17Si2. The van der Waals surface area contributed by atoms with Gasteiger partial charge in [-0.3, -0.25) is 0 Å². The monoisotopic (exact) mass is 895 g/mol. The van der Waals surface area contributed by atoms with E-state index >= 15 is 0 Å². The number of hydrogen-bond acceptors (Lipinski definition) is 17. The molecule has 0 heterocycles. The molecule has 0 aliphatic rings. The fourth-order valence-electron chi connectivity index (χ4n) is 5.18. The van der Waals surface area contributed by atoms with Gasteiger partial charge in [0.1, 0.15) is 0 Å². The Labute approximate surface area is 359 Å². The maximum Gasteiger partial charge on any atom is 0.173 e. The van der Waals surface area contributed by atoms with Gasteiger partial charge in [-0.15, -0.1) is 0 Å². The fraction of sp³-hybridized carbons (Fsp3) is 1.00. The van der Waals surface area contributed by atoms with E-state index in [0.717, 1.165) is 38.1 Å². The predicted octanol–water partition coefficient (Wildman–Crippen LogP) is 3.72. The molecule has 0 atom stereocenters. The van der Waals surface area contributed by atoms with Gasteiger partial charge in [-0.05, 0) is 51.1 Å². The highest BCUT2D eigenvalue weighted by molar-refractivity contribution is 6.84. The van der Waals surface area contributed by atoms with Crippen LogP contribution >= 0.6 is 0 Å². The van der Waals surface area contributed by atoms with Crippen LogP contribution in [0.4, 0.5) is 0 Å². The van der Waals surface area contributed by atoms with Crippen molar-refractivity contribution in [3.8, 4) is 0 Å². The second kappa shape index (κ2) is 47.2. The van der Waals surface area contributed by atoms with Crippen LogP contribution in [0.5, 0.6) is 0 Å². The predicted molar refractivity (Wildman–Crippen MR) is 230 cm³/mol. The standard InChI is InChI=1S/C40H86O17Si2/c1-41-11-13-45-19-21-49-27-29-53-35-37-55-33-31-51-25-23-47-17-15-43-9-7-39-58(3,4)57-59(5,6)40-8-10-44-16-18-48-24-26-52-32-34-56-38-36-54-30-28-50-22-20-46-14-12-42-2/h7-40H2,1-6H3. The van der Waals surface area contributed by atoms with Crippen LogP contribution in [0.1, 0.15) is 12.8 Å². The summed E-state index contributed by atoms with van der Waals surface area (Å²) in [7, 11) is -0.237. The molecule has 0 N–H and O–H groups in total. The van der Waals surface area contributed by atoms with Crippen molar-refractivity contribution < 1.29 is 79.9 Å². The van der Waals surface area contributed by atoms with Crippen LogP contribution in [0.2, 0.25) is 38.3 Å². The Morgan fingerprint density at radius 1 is 0.220 bits per heavy atom. The summed E-state index contributed by atoms with van der Waals surface area (Å²) in [6.45, 7) is 26.0. The highest BCUT2D eigenvalue weighted by atomic mass is 28.4. The van der Waals surface area contributed by atoms with Crippen molar-refractivity contribution in [2.24, 2.45) is 0 Å². The Hall–Kier alpha value is -0.246. The van der Waals surface area contributed by atoms with Gasteiger partial charge in [-0.1, -0.05) is 0 Å². The molecule has 19 heteroatoms. The minimum atomic E-state index is -1.77. The quantitative estimate of drug-likeness (QED) is 0.0643. The van der Waals surface area contributed by atoms with Crippen molar-refractivity contribution in [3.05, 3.63) is 0 Å². The van der Waals surface area contributed by atoms with Crippen molar-refractivity contribution in [3.63, 3.8) is 0 Å². The lowest BCUT2D eigenvalue weighted by molar-refractivity contribution is -0.0221. The minimum Gasteiger partial charge on any atom is -0.455 e. The Morgan fingerprint density at radius 3 is 0.542 bits per heavy atom. The first-order valence-electron chi connectivity index (χ1n) is 21.6. The summed E-state index contributed by atoms with van der Waals surface area (Å²) in [5.74, 6) is 0. The summed E-state index contributed by atoms with van der Waals surface area (Å²) in [4.78, 5) is 0. The van der Waals surface area contributed by atoms with E-state index < -0.39 is 16.6 Å². The first-order valence-corrected chi connectivity index (χ1v) is 27.8. The van der Waals surface area contributed by atoms with Crippen LogP contribution < -0.4 is 0 Å². The van der Waals surface area contributed by atoms with Gasteiger partial charge in [0.2, 0.25) is 0 Å². The third kappa shape index (κ3) is 50.3.